The van der Waals surface area contributed by atoms with Gasteiger partial charge in [0.2, 0.25) is 0 Å². The smallest absolute Gasteiger partial charge is 0.460 e. The highest BCUT2D eigenvalue weighted by molar-refractivity contribution is 6.76. The minimum absolute atomic E-state index is 0.133. The fourth-order valence-electron chi connectivity index (χ4n) is 5.67. The van der Waals surface area contributed by atoms with E-state index in [-0.39, 0.29) is 12.4 Å². The molecule has 2 atom stereocenters. The zero-order chi connectivity index (χ0) is 46.4. The number of ether oxygens (including phenoxy) is 3. The minimum atomic E-state index is -8.69. The van der Waals surface area contributed by atoms with E-state index in [9.17, 15) is 84.5 Å². The summed E-state index contributed by atoms with van der Waals surface area (Å²) in [6, 6.07) is 4.27. The van der Waals surface area contributed by atoms with Gasteiger partial charge in [0.1, 0.15) is 24.6 Å². The Bertz CT molecular complexity index is 1570. The van der Waals surface area contributed by atoms with Crippen LogP contribution in [-0.2, 0) is 18.7 Å². The molecule has 0 aliphatic heterocycles. The van der Waals surface area contributed by atoms with E-state index in [4.69, 9.17) is 18.6 Å². The average Bonchev–Trinajstić information content (AvgIpc) is 3.10. The lowest BCUT2D eigenvalue weighted by molar-refractivity contribution is -0.461. The summed E-state index contributed by atoms with van der Waals surface area (Å²) in [4.78, 5) is 11.6. The summed E-state index contributed by atoms with van der Waals surface area (Å²) >= 11 is 0. The van der Waals surface area contributed by atoms with Crippen molar-refractivity contribution in [1.82, 2.24) is 0 Å². The molecule has 0 aliphatic rings. The quantitative estimate of drug-likeness (QED) is 0.0294. The van der Waals surface area contributed by atoms with Crippen molar-refractivity contribution in [2.24, 2.45) is 0 Å². The lowest BCUT2D eigenvalue weighted by Crippen LogP contribution is -2.74. The summed E-state index contributed by atoms with van der Waals surface area (Å²) < 4.78 is 256. The van der Waals surface area contributed by atoms with E-state index in [0.29, 0.717) is 11.1 Å². The van der Waals surface area contributed by atoms with Crippen molar-refractivity contribution in [2.75, 3.05) is 26.9 Å². The van der Waals surface area contributed by atoms with Gasteiger partial charge in [0, 0.05) is 19.6 Å². The van der Waals surface area contributed by atoms with Gasteiger partial charge in [-0.1, -0.05) is 52.0 Å². The molecule has 1 rings (SSSR count). The van der Waals surface area contributed by atoms with Crippen molar-refractivity contribution in [1.29, 1.82) is 0 Å². The number of methoxy groups -OCH3 is 1. The minimum Gasteiger partial charge on any atom is -0.491 e. The van der Waals surface area contributed by atoms with Crippen molar-refractivity contribution in [3.05, 3.63) is 53.6 Å². The first-order chi connectivity index (χ1) is 26.5. The molecule has 0 saturated heterocycles. The van der Waals surface area contributed by atoms with E-state index >= 15 is 0 Å². The lowest BCUT2D eigenvalue weighted by atomic mass is 9.88. The maximum absolute atomic E-state index is 14.9. The zero-order valence-electron chi connectivity index (χ0n) is 32.3. The molecule has 59 heavy (non-hydrogen) atoms. The van der Waals surface area contributed by atoms with Crippen molar-refractivity contribution in [3.63, 3.8) is 0 Å². The van der Waals surface area contributed by atoms with Crippen LogP contribution in [0.3, 0.4) is 0 Å². The first-order valence-electron chi connectivity index (χ1n) is 17.3. The number of carbonyl (C=O) groups is 1. The Morgan fingerprint density at radius 1 is 0.729 bits per heavy atom. The second kappa shape index (κ2) is 19.3. The van der Waals surface area contributed by atoms with Crippen LogP contribution >= 0.6 is 0 Å². The van der Waals surface area contributed by atoms with Gasteiger partial charge in [0.05, 0.1) is 13.2 Å². The van der Waals surface area contributed by atoms with Crippen LogP contribution in [0.25, 0.3) is 0 Å². The molecule has 24 heteroatoms. The van der Waals surface area contributed by atoms with E-state index in [0.717, 1.165) is 0 Å². The molecule has 0 amide bonds. The molecule has 0 fully saturated rings. The highest BCUT2D eigenvalue weighted by Crippen LogP contribution is 2.64. The summed E-state index contributed by atoms with van der Waals surface area (Å²) in [7, 11) is -2.66. The van der Waals surface area contributed by atoms with E-state index in [1.54, 1.807) is 13.8 Å². The van der Waals surface area contributed by atoms with Crippen LogP contribution in [0.5, 0.6) is 5.75 Å². The molecule has 0 unspecified atom stereocenters. The highest BCUT2D eigenvalue weighted by atomic mass is 28.4. The van der Waals surface area contributed by atoms with Crippen LogP contribution in [0.4, 0.5) is 74.6 Å². The summed E-state index contributed by atoms with van der Waals surface area (Å²) in [6.07, 6.45) is -8.32. The Labute approximate surface area is 328 Å². The van der Waals surface area contributed by atoms with Crippen LogP contribution < -0.4 is 4.74 Å². The number of allylic oxidation sites excluding steroid dienone is 2. The van der Waals surface area contributed by atoms with E-state index in [2.05, 4.69) is 0 Å². The van der Waals surface area contributed by atoms with Gasteiger partial charge in [-0.15, -0.1) is 0 Å². The van der Waals surface area contributed by atoms with Gasteiger partial charge in [0.15, 0.2) is 8.32 Å². The van der Waals surface area contributed by atoms with Gasteiger partial charge in [-0.3, -0.25) is 0 Å². The predicted octanol–water partition coefficient (Wildman–Crippen LogP) is 11.4. The maximum Gasteiger partial charge on any atom is 0.460 e. The molecule has 1 aromatic carbocycles. The Balaban J connectivity index is 3.21. The van der Waals surface area contributed by atoms with E-state index in [1.165, 1.54) is 77.3 Å². The number of alkyl halides is 17. The number of carbonyl (C=O) groups excluding carboxylic acids is 1. The number of aliphatic hydroxyl groups excluding tert-OH is 1. The zero-order valence-corrected chi connectivity index (χ0v) is 33.3. The van der Waals surface area contributed by atoms with Gasteiger partial charge in [-0.25, -0.2) is 4.79 Å². The highest BCUT2D eigenvalue weighted by Gasteiger charge is 2.95. The van der Waals surface area contributed by atoms with Gasteiger partial charge in [-0.2, -0.15) is 74.6 Å². The Morgan fingerprint density at radius 2 is 1.19 bits per heavy atom. The van der Waals surface area contributed by atoms with Gasteiger partial charge in [-0.05, 0) is 54.2 Å². The number of hydrogen-bond donors (Lipinski definition) is 1. The molecule has 1 N–H and O–H groups in total. The first-order valence-corrected chi connectivity index (χ1v) is 19.6. The van der Waals surface area contributed by atoms with Crippen LogP contribution in [-0.4, -0.2) is 100 Å². The van der Waals surface area contributed by atoms with Gasteiger partial charge in [0.25, 0.3) is 0 Å². The molecule has 0 saturated carbocycles. The normalized spacial score (nSPS) is 15.9. The van der Waals surface area contributed by atoms with Crippen LogP contribution in [0.15, 0.2) is 48.1 Å². The summed E-state index contributed by atoms with van der Waals surface area (Å²) in [6.45, 7) is 7.76. The third kappa shape index (κ3) is 10.9. The molecule has 0 aromatic heterocycles. The fraction of sp³-hybridized carbons (Fsp3) is 0.686. The van der Waals surface area contributed by atoms with Crippen molar-refractivity contribution >= 4 is 14.3 Å². The summed E-state index contributed by atoms with van der Waals surface area (Å²) in [5, 5.41) is 10.8. The molecular weight excluding hydrogens is 867 g/mol. The number of aliphatic hydroxyl groups is 1. The molecule has 0 radical (unpaired) electrons. The first kappa shape index (κ1) is 53.9. The Kier molecular flexibility index (Phi) is 17.6. The van der Waals surface area contributed by atoms with Crippen LogP contribution in [0, 0.1) is 0 Å². The average molecular weight is 911 g/mol. The Hall–Kier alpha value is -3.12. The number of hydrogen-bond acceptors (Lipinski definition) is 6. The summed E-state index contributed by atoms with van der Waals surface area (Å²) in [5.41, 5.74) is -0.927. The van der Waals surface area contributed by atoms with Crippen molar-refractivity contribution in [2.45, 2.75) is 125 Å². The molecule has 0 spiro atoms. The second-order valence-electron chi connectivity index (χ2n) is 13.8. The third-order valence-corrected chi connectivity index (χ3v) is 15.0. The van der Waals surface area contributed by atoms with Crippen molar-refractivity contribution < 1.29 is 103 Å². The lowest BCUT2D eigenvalue weighted by Gasteiger charge is -2.44. The largest absolute Gasteiger partial charge is 0.491 e. The molecule has 342 valence electrons. The van der Waals surface area contributed by atoms with E-state index in [1.807, 2.05) is 0 Å². The predicted molar refractivity (Wildman–Crippen MR) is 179 cm³/mol. The number of rotatable bonds is 23. The van der Waals surface area contributed by atoms with Crippen LogP contribution in [0.2, 0.25) is 17.1 Å². The monoisotopic (exact) mass is 910 g/mol. The second-order valence-corrected chi connectivity index (χ2v) is 18.8. The van der Waals surface area contributed by atoms with Gasteiger partial charge >= 0.3 is 53.6 Å². The van der Waals surface area contributed by atoms with Crippen molar-refractivity contribution in [3.8, 4) is 5.75 Å². The van der Waals surface area contributed by atoms with E-state index < -0.39 is 111 Å². The molecule has 0 heterocycles. The molecule has 1 aromatic rings. The number of halogens is 17. The molecule has 6 nitrogen and oxygen atoms in total. The molecule has 0 aliphatic carbocycles. The van der Waals surface area contributed by atoms with Gasteiger partial charge < -0.3 is 23.7 Å². The number of benzene rings is 1. The standard InChI is InChI=1S/C35H43F17O6Si/c1-8-56-26(53)19-22(6)9-14-25(55-7)27(54)23-10-12-24(13-11-23)57-16-17-58-59(20(2)3,21(4)5)18-15-28(36,37)29(38,39)30(40,41)31(42,43)32(44,45)33(46,47)34(48,49)35(50,51)52/h9-14,19-21,25,27,54H,8,15-18H2,1-7H3/b14-9+,22-19+/t25-,27-/m1/s1. The number of esters is 1. The topological polar surface area (TPSA) is 74.2 Å². The molecule has 0 bridgehead atoms. The SMILES string of the molecule is CCOC(=O)/C=C(C)/C=C/[C@@H](OC)[C@H](O)c1ccc(OCCO[Si](CCC(F)(F)C(F)(F)C(F)(F)C(F)(F)C(F)(F)C(F)(F)C(F)(F)C(F)(F)F)(C(C)C)C(C)C)cc1. The maximum atomic E-state index is 14.9. The fourth-order valence-corrected chi connectivity index (χ4v) is 10.1. The third-order valence-electron chi connectivity index (χ3n) is 9.28. The summed E-state index contributed by atoms with van der Waals surface area (Å²) in [5.74, 6) is -57.2. The Morgan fingerprint density at radius 3 is 1.61 bits per heavy atom. The molecular formula is C35H43F17O6Si. The van der Waals surface area contributed by atoms with Crippen LogP contribution in [0.1, 0.15) is 59.6 Å².